The molecule has 0 saturated carbocycles. The molecule has 1 aromatic carbocycles. The van der Waals surface area contributed by atoms with Gasteiger partial charge in [-0.2, -0.15) is 0 Å². The highest BCUT2D eigenvalue weighted by Gasteiger charge is 2.38. The largest absolute Gasteiger partial charge is 0.338 e. The van der Waals surface area contributed by atoms with E-state index in [2.05, 4.69) is 27.8 Å². The zero-order valence-corrected chi connectivity index (χ0v) is 16.2. The van der Waals surface area contributed by atoms with Gasteiger partial charge in [0.15, 0.2) is 0 Å². The molecule has 0 unspecified atom stereocenters. The molecule has 5 nitrogen and oxygen atoms in total. The van der Waals surface area contributed by atoms with Crippen molar-refractivity contribution in [3.05, 3.63) is 34.3 Å². The second kappa shape index (κ2) is 7.89. The zero-order chi connectivity index (χ0) is 17.1. The normalized spacial score (nSPS) is 22.0. The van der Waals surface area contributed by atoms with Crippen molar-refractivity contribution in [3.63, 3.8) is 0 Å². The van der Waals surface area contributed by atoms with Crippen molar-refractivity contribution < 1.29 is 9.59 Å². The Morgan fingerprint density at radius 1 is 1.25 bits per heavy atom. The third kappa shape index (κ3) is 3.78. The minimum absolute atomic E-state index is 0.0631. The molecule has 0 radical (unpaired) electrons. The van der Waals surface area contributed by atoms with Crippen molar-refractivity contribution in [2.75, 3.05) is 44.4 Å². The highest BCUT2D eigenvalue weighted by atomic mass is 79.9. The smallest absolute Gasteiger partial charge is 0.255 e. The molecule has 0 spiro atoms. The standard InChI is InChI=1S/C17H22BrN3O2S/c1-2-19-6-8-20(9-7-19)17(23)15-11-24-12-21(15)16(22)13-4-3-5-14(18)10-13/h3-5,10,15H,2,6-9,11-12H2,1H3/t15-/m0/s1. The Kier molecular flexibility index (Phi) is 5.84. The number of benzene rings is 1. The summed E-state index contributed by atoms with van der Waals surface area (Å²) >= 11 is 5.05. The van der Waals surface area contributed by atoms with E-state index >= 15 is 0 Å². The van der Waals surface area contributed by atoms with Crippen LogP contribution < -0.4 is 0 Å². The zero-order valence-electron chi connectivity index (χ0n) is 13.8. The molecule has 2 aliphatic rings. The number of carbonyl (C=O) groups is 2. The lowest BCUT2D eigenvalue weighted by atomic mass is 10.1. The Morgan fingerprint density at radius 2 is 2.00 bits per heavy atom. The van der Waals surface area contributed by atoms with Gasteiger partial charge in [0.05, 0.1) is 5.88 Å². The van der Waals surface area contributed by atoms with Crippen LogP contribution in [0.15, 0.2) is 28.7 Å². The molecule has 0 aliphatic carbocycles. The van der Waals surface area contributed by atoms with Crippen molar-refractivity contribution in [1.29, 1.82) is 0 Å². The first kappa shape index (κ1) is 17.8. The van der Waals surface area contributed by atoms with Crippen LogP contribution in [0.25, 0.3) is 0 Å². The van der Waals surface area contributed by atoms with Crippen LogP contribution in [0.5, 0.6) is 0 Å². The van der Waals surface area contributed by atoms with E-state index in [0.717, 1.165) is 37.2 Å². The van der Waals surface area contributed by atoms with Crippen LogP contribution in [0.1, 0.15) is 17.3 Å². The lowest BCUT2D eigenvalue weighted by molar-refractivity contribution is -0.136. The van der Waals surface area contributed by atoms with Crippen LogP contribution in [0.4, 0.5) is 0 Å². The molecule has 0 aromatic heterocycles. The molecule has 7 heteroatoms. The third-order valence-corrected chi connectivity index (χ3v) is 6.14. The maximum atomic E-state index is 12.9. The number of rotatable bonds is 3. The summed E-state index contributed by atoms with van der Waals surface area (Å²) in [5, 5.41) is 0. The van der Waals surface area contributed by atoms with Gasteiger partial charge < -0.3 is 14.7 Å². The van der Waals surface area contributed by atoms with Crippen molar-refractivity contribution in [1.82, 2.24) is 14.7 Å². The number of hydrogen-bond donors (Lipinski definition) is 0. The van der Waals surface area contributed by atoms with Crippen LogP contribution in [-0.2, 0) is 4.79 Å². The summed E-state index contributed by atoms with van der Waals surface area (Å²) in [7, 11) is 0. The maximum absolute atomic E-state index is 12.9. The summed E-state index contributed by atoms with van der Waals surface area (Å²) in [6.45, 7) is 6.52. The molecule has 2 aliphatic heterocycles. The lowest BCUT2D eigenvalue weighted by Crippen LogP contribution is -2.55. The Balaban J connectivity index is 1.69. The van der Waals surface area contributed by atoms with E-state index in [1.165, 1.54) is 0 Å². The molecule has 2 saturated heterocycles. The summed E-state index contributed by atoms with van der Waals surface area (Å²) < 4.78 is 0.874. The van der Waals surface area contributed by atoms with Crippen molar-refractivity contribution in [3.8, 4) is 0 Å². The topological polar surface area (TPSA) is 43.9 Å². The van der Waals surface area contributed by atoms with Gasteiger partial charge in [-0.25, -0.2) is 0 Å². The third-order valence-electron chi connectivity index (χ3n) is 4.63. The van der Waals surface area contributed by atoms with E-state index in [4.69, 9.17) is 0 Å². The number of piperazine rings is 1. The summed E-state index contributed by atoms with van der Waals surface area (Å²) in [6, 6.07) is 7.02. The first-order valence-electron chi connectivity index (χ1n) is 8.25. The first-order valence-corrected chi connectivity index (χ1v) is 10.2. The number of likely N-dealkylation sites (N-methyl/N-ethyl adjacent to an activating group) is 1. The van der Waals surface area contributed by atoms with Crippen LogP contribution in [-0.4, -0.2) is 76.9 Å². The Bertz CT molecular complexity index is 620. The van der Waals surface area contributed by atoms with Gasteiger partial charge in [0.1, 0.15) is 6.04 Å². The van der Waals surface area contributed by atoms with Gasteiger partial charge in [0.2, 0.25) is 5.91 Å². The molecule has 2 amide bonds. The molecule has 2 heterocycles. The molecular formula is C17H22BrN3O2S. The molecule has 24 heavy (non-hydrogen) atoms. The average Bonchev–Trinajstić information content (AvgIpc) is 3.10. The number of hydrogen-bond acceptors (Lipinski definition) is 4. The SMILES string of the molecule is CCN1CCN(C(=O)[C@@H]2CSCN2C(=O)c2cccc(Br)c2)CC1. The summed E-state index contributed by atoms with van der Waals surface area (Å²) in [5.74, 6) is 1.30. The van der Waals surface area contributed by atoms with Gasteiger partial charge in [-0.15, -0.1) is 11.8 Å². The second-order valence-corrected chi connectivity index (χ2v) is 7.98. The predicted molar refractivity (Wildman–Crippen MR) is 100 cm³/mol. The minimum atomic E-state index is -0.338. The van der Waals surface area contributed by atoms with Gasteiger partial charge in [0.25, 0.3) is 5.91 Å². The fourth-order valence-electron chi connectivity index (χ4n) is 3.13. The molecule has 3 rings (SSSR count). The molecule has 0 bridgehead atoms. The summed E-state index contributed by atoms with van der Waals surface area (Å²) in [6.07, 6.45) is 0. The van der Waals surface area contributed by atoms with Gasteiger partial charge in [-0.3, -0.25) is 9.59 Å². The van der Waals surface area contributed by atoms with E-state index in [-0.39, 0.29) is 17.9 Å². The van der Waals surface area contributed by atoms with Gasteiger partial charge in [-0.1, -0.05) is 28.9 Å². The predicted octanol–water partition coefficient (Wildman–Crippen LogP) is 2.13. The Hall–Kier alpha value is -1.05. The molecule has 2 fully saturated rings. The molecule has 130 valence electrons. The highest BCUT2D eigenvalue weighted by molar-refractivity contribution is 9.10. The fraction of sp³-hybridized carbons (Fsp3) is 0.529. The van der Waals surface area contributed by atoms with Gasteiger partial charge >= 0.3 is 0 Å². The second-order valence-electron chi connectivity index (χ2n) is 6.06. The van der Waals surface area contributed by atoms with E-state index in [1.54, 1.807) is 22.7 Å². The summed E-state index contributed by atoms with van der Waals surface area (Å²) in [5.41, 5.74) is 0.625. The van der Waals surface area contributed by atoms with Crippen LogP contribution >= 0.6 is 27.7 Å². The minimum Gasteiger partial charge on any atom is -0.338 e. The number of amides is 2. The van der Waals surface area contributed by atoms with Crippen LogP contribution in [0.2, 0.25) is 0 Å². The van der Waals surface area contributed by atoms with E-state index in [9.17, 15) is 9.59 Å². The Labute approximate surface area is 155 Å². The number of halogens is 1. The lowest BCUT2D eigenvalue weighted by Gasteiger charge is -2.36. The van der Waals surface area contributed by atoms with E-state index < -0.39 is 0 Å². The Morgan fingerprint density at radius 3 is 2.67 bits per heavy atom. The number of thioether (sulfide) groups is 1. The van der Waals surface area contributed by atoms with Gasteiger partial charge in [-0.05, 0) is 24.7 Å². The van der Waals surface area contributed by atoms with Gasteiger partial charge in [0, 0.05) is 42.0 Å². The van der Waals surface area contributed by atoms with Crippen molar-refractivity contribution in [2.45, 2.75) is 13.0 Å². The molecule has 0 N–H and O–H groups in total. The van der Waals surface area contributed by atoms with Crippen molar-refractivity contribution in [2.24, 2.45) is 0 Å². The van der Waals surface area contributed by atoms with Crippen molar-refractivity contribution >= 4 is 39.5 Å². The quantitative estimate of drug-likeness (QED) is 0.763. The molecule has 1 atom stereocenters. The molecule has 1 aromatic rings. The highest BCUT2D eigenvalue weighted by Crippen LogP contribution is 2.26. The monoisotopic (exact) mass is 411 g/mol. The average molecular weight is 412 g/mol. The van der Waals surface area contributed by atoms with E-state index in [1.807, 2.05) is 23.1 Å². The first-order chi connectivity index (χ1) is 11.6. The maximum Gasteiger partial charge on any atom is 0.255 e. The van der Waals surface area contributed by atoms with Crippen LogP contribution in [0.3, 0.4) is 0 Å². The summed E-state index contributed by atoms with van der Waals surface area (Å²) in [4.78, 5) is 31.7. The number of nitrogens with zero attached hydrogens (tertiary/aromatic N) is 3. The molecular weight excluding hydrogens is 390 g/mol. The van der Waals surface area contributed by atoms with Crippen LogP contribution in [0, 0.1) is 0 Å². The van der Waals surface area contributed by atoms with E-state index in [0.29, 0.717) is 17.2 Å². The fourth-order valence-corrected chi connectivity index (χ4v) is 4.67. The number of carbonyl (C=O) groups excluding carboxylic acids is 2.